The minimum absolute atomic E-state index is 0.206. The van der Waals surface area contributed by atoms with Gasteiger partial charge in [0.25, 0.3) is 0 Å². The lowest BCUT2D eigenvalue weighted by Gasteiger charge is -2.20. The Morgan fingerprint density at radius 1 is 1.13 bits per heavy atom. The molecule has 0 saturated heterocycles. The second-order valence-electron chi connectivity index (χ2n) is 3.63. The smallest absolute Gasteiger partial charge is 0.0558 e. The number of aliphatic hydroxyl groups excluding tert-OH is 1. The summed E-state index contributed by atoms with van der Waals surface area (Å²) < 4.78 is 0. The zero-order chi connectivity index (χ0) is 10.9. The zero-order valence-corrected chi connectivity index (χ0v) is 9.10. The molecule has 0 radical (unpaired) electrons. The van der Waals surface area contributed by atoms with Crippen molar-refractivity contribution in [3.05, 3.63) is 35.9 Å². The first-order valence-electron chi connectivity index (χ1n) is 5.44. The van der Waals surface area contributed by atoms with Crippen molar-refractivity contribution in [2.75, 3.05) is 26.2 Å². The first-order chi connectivity index (χ1) is 7.36. The Balaban J connectivity index is 2.43. The summed E-state index contributed by atoms with van der Waals surface area (Å²) in [6, 6.07) is 10.3. The normalized spacial score (nSPS) is 10.9. The maximum atomic E-state index is 8.94. The van der Waals surface area contributed by atoms with Crippen LogP contribution in [0.25, 0.3) is 0 Å². The Labute approximate surface area is 91.5 Å². The summed E-state index contributed by atoms with van der Waals surface area (Å²) in [5.41, 5.74) is 6.76. The molecular weight excluding hydrogens is 188 g/mol. The molecule has 3 heteroatoms. The molecule has 3 N–H and O–H groups in total. The Morgan fingerprint density at radius 3 is 2.47 bits per heavy atom. The van der Waals surface area contributed by atoms with Gasteiger partial charge in [0.2, 0.25) is 0 Å². The molecule has 1 aromatic rings. The molecule has 0 unspecified atom stereocenters. The van der Waals surface area contributed by atoms with Crippen LogP contribution >= 0.6 is 0 Å². The molecule has 0 heterocycles. The first kappa shape index (κ1) is 12.2. The highest BCUT2D eigenvalue weighted by atomic mass is 16.3. The van der Waals surface area contributed by atoms with Gasteiger partial charge in [0, 0.05) is 13.1 Å². The van der Waals surface area contributed by atoms with Crippen LogP contribution in [0, 0.1) is 0 Å². The topological polar surface area (TPSA) is 49.5 Å². The van der Waals surface area contributed by atoms with E-state index in [2.05, 4.69) is 17.0 Å². The molecule has 0 spiro atoms. The first-order valence-corrected chi connectivity index (χ1v) is 5.44. The molecular formula is C12H20N2O. The quantitative estimate of drug-likeness (QED) is 0.698. The van der Waals surface area contributed by atoms with Gasteiger partial charge in [-0.1, -0.05) is 30.3 Å². The molecule has 0 bridgehead atoms. The molecule has 84 valence electrons. The molecule has 0 aliphatic carbocycles. The lowest BCUT2D eigenvalue weighted by Crippen LogP contribution is -2.28. The van der Waals surface area contributed by atoms with E-state index in [-0.39, 0.29) is 6.61 Å². The van der Waals surface area contributed by atoms with Gasteiger partial charge in [-0.2, -0.15) is 0 Å². The van der Waals surface area contributed by atoms with E-state index in [9.17, 15) is 0 Å². The molecule has 0 fully saturated rings. The molecule has 1 aromatic carbocycles. The molecule has 0 saturated carbocycles. The van der Waals surface area contributed by atoms with Crippen LogP contribution in [0.5, 0.6) is 0 Å². The lowest BCUT2D eigenvalue weighted by molar-refractivity contribution is 0.189. The van der Waals surface area contributed by atoms with Crippen molar-refractivity contribution in [1.82, 2.24) is 4.90 Å². The van der Waals surface area contributed by atoms with E-state index in [1.165, 1.54) is 5.56 Å². The van der Waals surface area contributed by atoms with Crippen LogP contribution in [0.3, 0.4) is 0 Å². The van der Waals surface area contributed by atoms with Crippen molar-refractivity contribution < 1.29 is 5.11 Å². The minimum atomic E-state index is 0.206. The summed E-state index contributed by atoms with van der Waals surface area (Å²) in [7, 11) is 0. The van der Waals surface area contributed by atoms with Crippen molar-refractivity contribution in [3.63, 3.8) is 0 Å². The van der Waals surface area contributed by atoms with Crippen LogP contribution in [-0.4, -0.2) is 36.2 Å². The number of benzene rings is 1. The van der Waals surface area contributed by atoms with Gasteiger partial charge in [0.15, 0.2) is 0 Å². The van der Waals surface area contributed by atoms with E-state index >= 15 is 0 Å². The maximum Gasteiger partial charge on any atom is 0.0558 e. The van der Waals surface area contributed by atoms with Crippen molar-refractivity contribution in [2.45, 2.75) is 13.0 Å². The van der Waals surface area contributed by atoms with Gasteiger partial charge in [-0.05, 0) is 25.1 Å². The SMILES string of the molecule is NCCCN(CCO)Cc1ccccc1. The third kappa shape index (κ3) is 4.93. The summed E-state index contributed by atoms with van der Waals surface area (Å²) in [4.78, 5) is 2.22. The number of hydrogen-bond donors (Lipinski definition) is 2. The summed E-state index contributed by atoms with van der Waals surface area (Å²) in [5.74, 6) is 0. The van der Waals surface area contributed by atoms with Crippen molar-refractivity contribution >= 4 is 0 Å². The molecule has 1 rings (SSSR count). The Kier molecular flexibility index (Phi) is 6.00. The third-order valence-electron chi connectivity index (χ3n) is 2.34. The van der Waals surface area contributed by atoms with E-state index in [1.807, 2.05) is 18.2 Å². The van der Waals surface area contributed by atoms with Crippen molar-refractivity contribution in [2.24, 2.45) is 5.73 Å². The van der Waals surface area contributed by atoms with Crippen LogP contribution in [0.4, 0.5) is 0 Å². The highest BCUT2D eigenvalue weighted by molar-refractivity contribution is 5.14. The summed E-state index contributed by atoms with van der Waals surface area (Å²) >= 11 is 0. The van der Waals surface area contributed by atoms with Crippen LogP contribution in [0.2, 0.25) is 0 Å². The summed E-state index contributed by atoms with van der Waals surface area (Å²) in [6.07, 6.45) is 0.979. The molecule has 0 aromatic heterocycles. The number of nitrogens with two attached hydrogens (primary N) is 1. The molecule has 15 heavy (non-hydrogen) atoms. The van der Waals surface area contributed by atoms with Gasteiger partial charge in [0.05, 0.1) is 6.61 Å². The van der Waals surface area contributed by atoms with E-state index in [1.54, 1.807) is 0 Å². The van der Waals surface area contributed by atoms with Crippen LogP contribution < -0.4 is 5.73 Å². The fourth-order valence-electron chi connectivity index (χ4n) is 1.57. The average molecular weight is 208 g/mol. The highest BCUT2D eigenvalue weighted by Crippen LogP contribution is 2.04. The van der Waals surface area contributed by atoms with Gasteiger partial charge in [-0.25, -0.2) is 0 Å². The second kappa shape index (κ2) is 7.40. The standard InChI is InChI=1S/C12H20N2O/c13-7-4-8-14(9-10-15)11-12-5-2-1-3-6-12/h1-3,5-6,15H,4,7-11,13H2. The predicted molar refractivity (Wildman–Crippen MR) is 62.5 cm³/mol. The molecule has 0 aliphatic heterocycles. The predicted octanol–water partition coefficient (Wildman–Crippen LogP) is 0.830. The molecule has 0 amide bonds. The van der Waals surface area contributed by atoms with E-state index in [0.29, 0.717) is 6.54 Å². The summed E-state index contributed by atoms with van der Waals surface area (Å²) in [6.45, 7) is 3.47. The largest absolute Gasteiger partial charge is 0.395 e. The highest BCUT2D eigenvalue weighted by Gasteiger charge is 2.03. The number of aliphatic hydroxyl groups is 1. The Bertz CT molecular complexity index is 251. The van der Waals surface area contributed by atoms with E-state index < -0.39 is 0 Å². The third-order valence-corrected chi connectivity index (χ3v) is 2.34. The van der Waals surface area contributed by atoms with Gasteiger partial charge < -0.3 is 10.8 Å². The van der Waals surface area contributed by atoms with Gasteiger partial charge in [-0.3, -0.25) is 4.90 Å². The Hall–Kier alpha value is -0.900. The lowest BCUT2D eigenvalue weighted by atomic mass is 10.2. The maximum absolute atomic E-state index is 8.94. The van der Waals surface area contributed by atoms with E-state index in [4.69, 9.17) is 10.8 Å². The minimum Gasteiger partial charge on any atom is -0.395 e. The summed E-state index contributed by atoms with van der Waals surface area (Å²) in [5, 5.41) is 8.94. The number of hydrogen-bond acceptors (Lipinski definition) is 3. The molecule has 3 nitrogen and oxygen atoms in total. The monoisotopic (exact) mass is 208 g/mol. The van der Waals surface area contributed by atoms with Gasteiger partial charge in [-0.15, -0.1) is 0 Å². The van der Waals surface area contributed by atoms with Crippen molar-refractivity contribution in [3.8, 4) is 0 Å². The zero-order valence-electron chi connectivity index (χ0n) is 9.10. The van der Waals surface area contributed by atoms with Crippen LogP contribution in [-0.2, 0) is 6.54 Å². The van der Waals surface area contributed by atoms with Gasteiger partial charge in [0.1, 0.15) is 0 Å². The fourth-order valence-corrected chi connectivity index (χ4v) is 1.57. The average Bonchev–Trinajstić information content (AvgIpc) is 2.28. The van der Waals surface area contributed by atoms with Crippen LogP contribution in [0.15, 0.2) is 30.3 Å². The molecule has 0 atom stereocenters. The van der Waals surface area contributed by atoms with E-state index in [0.717, 1.165) is 26.1 Å². The van der Waals surface area contributed by atoms with Gasteiger partial charge >= 0.3 is 0 Å². The molecule has 0 aliphatic rings. The number of nitrogens with zero attached hydrogens (tertiary/aromatic N) is 1. The fraction of sp³-hybridized carbons (Fsp3) is 0.500. The van der Waals surface area contributed by atoms with Crippen LogP contribution in [0.1, 0.15) is 12.0 Å². The second-order valence-corrected chi connectivity index (χ2v) is 3.63. The van der Waals surface area contributed by atoms with Crippen molar-refractivity contribution in [1.29, 1.82) is 0 Å². The Morgan fingerprint density at radius 2 is 1.87 bits per heavy atom. The number of rotatable bonds is 7.